The van der Waals surface area contributed by atoms with Crippen LogP contribution in [0.1, 0.15) is 27.7 Å². The molecule has 23 N–H and O–H groups in total. The first kappa shape index (κ1) is 74.0. The molecular weight excluding hydrogens is 1230 g/mol. The number of rotatable bonds is 23. The van der Waals surface area contributed by atoms with Crippen molar-refractivity contribution in [2.45, 2.75) is 242 Å². The molecule has 40 nitrogen and oxygen atoms in total. The summed E-state index contributed by atoms with van der Waals surface area (Å²) in [5.41, 5.74) is 0. The molecule has 7 aliphatic rings. The van der Waals surface area contributed by atoms with Gasteiger partial charge in [0.1, 0.15) is 171 Å². The summed E-state index contributed by atoms with van der Waals surface area (Å²) in [5.74, 6) is -3.32. The van der Waals surface area contributed by atoms with Crippen LogP contribution in [0.25, 0.3) is 0 Å². The number of carbonyl (C=O) groups excluding carboxylic acids is 4. The lowest BCUT2D eigenvalue weighted by Crippen LogP contribution is -2.70. The monoisotopic (exact) mass is 1320 g/mol. The predicted octanol–water partition coefficient (Wildman–Crippen LogP) is -15.7. The third kappa shape index (κ3) is 16.4. The summed E-state index contributed by atoms with van der Waals surface area (Å²) in [7, 11) is 0. The van der Waals surface area contributed by atoms with Gasteiger partial charge < -0.3 is 180 Å². The molecule has 0 aromatic carbocycles. The van der Waals surface area contributed by atoms with Crippen molar-refractivity contribution >= 4 is 23.6 Å². The Hall–Kier alpha value is -3.40. The largest absolute Gasteiger partial charge is 0.394 e. The molecule has 0 bridgehead atoms. The van der Waals surface area contributed by atoms with Crippen molar-refractivity contribution in [3.63, 3.8) is 0 Å². The van der Waals surface area contributed by atoms with Gasteiger partial charge in [-0.1, -0.05) is 0 Å². The Bertz CT molecular complexity index is 2310. The van der Waals surface area contributed by atoms with Gasteiger partial charge in [0.05, 0.1) is 46.2 Å². The summed E-state index contributed by atoms with van der Waals surface area (Å²) in [6.07, 6.45) is -59.5. The van der Waals surface area contributed by atoms with Gasteiger partial charge in [-0.15, -0.1) is 0 Å². The van der Waals surface area contributed by atoms with E-state index in [9.17, 15) is 116 Å². The lowest BCUT2D eigenvalue weighted by Gasteiger charge is -2.50. The second kappa shape index (κ2) is 32.4. The molecule has 7 saturated heterocycles. The SMILES string of the molecule is CC(=O)N[C@H]1[C@H](OC[C@H]2OC(O)[C@H](NC(C)=O)[C@@H](O[C@@H]3O[C@H](CO)[C@H](O)[C@H](O[C@@H]4O[C@H](CO)[C@H](O)[C@H](O[C@@H]5O[C@H](CO)[C@H](O)[C@H](O)[C@H]5O)[C@H]4NC(C)=O)[C@H]3O)[C@H]2O)O[C@H](CO)[C@@H](O[C@@H]2O[C@H](CO)[C@H](O)[C@H](O[C@@H]3O[C@H](CO)[C@H](O)[C@H](O)[C@H]3NC(C)=O)[C@H]2O)[C@@H]1O. The number of aliphatic hydroxyl groups excluding tert-OH is 19. The van der Waals surface area contributed by atoms with Gasteiger partial charge in [-0.3, -0.25) is 19.2 Å². The maximum Gasteiger partial charge on any atom is 0.217 e. The number of ether oxygens (including phenoxy) is 13. The maximum absolute atomic E-state index is 12.7. The number of amides is 4. The number of hydrogen-bond acceptors (Lipinski definition) is 36. The van der Waals surface area contributed by atoms with E-state index in [0.29, 0.717) is 0 Å². The summed E-state index contributed by atoms with van der Waals surface area (Å²) in [4.78, 5) is 50.1. The van der Waals surface area contributed by atoms with Crippen molar-refractivity contribution in [1.29, 1.82) is 0 Å². The van der Waals surface area contributed by atoms with Gasteiger partial charge in [-0.25, -0.2) is 0 Å². The molecule has 0 aromatic rings. The zero-order chi connectivity index (χ0) is 66.5. The van der Waals surface area contributed by atoms with Crippen LogP contribution in [-0.4, -0.2) is 382 Å². The molecule has 90 heavy (non-hydrogen) atoms. The number of hydrogen-bond donors (Lipinski definition) is 23. The molecule has 520 valence electrons. The molecule has 1 unspecified atom stereocenters. The van der Waals surface area contributed by atoms with Crippen LogP contribution >= 0.6 is 0 Å². The van der Waals surface area contributed by atoms with Crippen molar-refractivity contribution in [1.82, 2.24) is 21.3 Å². The summed E-state index contributed by atoms with van der Waals surface area (Å²) >= 11 is 0. The van der Waals surface area contributed by atoms with Crippen molar-refractivity contribution < 1.29 is 178 Å². The molecule has 0 aromatic heterocycles. The molecule has 40 heteroatoms. The van der Waals surface area contributed by atoms with Gasteiger partial charge in [0, 0.05) is 27.7 Å². The second-order valence-electron chi connectivity index (χ2n) is 22.5. The molecular formula is C50H84N4O36. The molecule has 0 aliphatic carbocycles. The van der Waals surface area contributed by atoms with Crippen LogP contribution in [0, 0.1) is 0 Å². The standard InChI is InChI=1S/C50H84N4O36/c1-12(61)51-23-33(71)27(65)16(5-55)80-46(23)89-42-30(68)19(8-58)83-49(37(42)75)86-39-21(10-60)85-45(24(34(39)72)52-13(2)62)78-11-22-32(70)40(25(44(77)79-22)53-14(3)63)87-50-38(76)43(31(69)20(9-59)84-50)90-47-26(54-15(4)64)41(29(67)18(7-57)81-47)88-48-36(74)35(73)28(66)17(6-56)82-48/h16-50,55-60,65-77H,5-11H2,1-4H3,(H,51,61)(H,52,62)(H,53,63)(H,54,64)/t16-,17-,18-,19-,20-,21-,22-,23-,24-,25-,26-,27+,28+,29+,30+,31+,32+,33-,34-,35+,36-,37-,38-,39-,40-,41-,42+,43+,44?,45-,46+,47+,48+,49+,50+/m1/s1. The Kier molecular flexibility index (Phi) is 26.6. The number of nitrogens with one attached hydrogen (secondary N) is 4. The van der Waals surface area contributed by atoms with Crippen molar-refractivity contribution in [2.24, 2.45) is 0 Å². The Morgan fingerprint density at radius 3 is 1.04 bits per heavy atom. The van der Waals surface area contributed by atoms with Crippen LogP contribution in [0.3, 0.4) is 0 Å². The van der Waals surface area contributed by atoms with Crippen molar-refractivity contribution in [3.8, 4) is 0 Å². The Morgan fingerprint density at radius 1 is 0.289 bits per heavy atom. The summed E-state index contributed by atoms with van der Waals surface area (Å²) in [6.45, 7) is -2.78. The van der Waals surface area contributed by atoms with Crippen LogP contribution in [-0.2, 0) is 80.8 Å². The first-order chi connectivity index (χ1) is 42.5. The van der Waals surface area contributed by atoms with E-state index in [2.05, 4.69) is 21.3 Å². The fraction of sp³-hybridized carbons (Fsp3) is 0.920. The quantitative estimate of drug-likeness (QED) is 0.0452. The summed E-state index contributed by atoms with van der Waals surface area (Å²) < 4.78 is 75.3. The zero-order valence-corrected chi connectivity index (χ0v) is 48.6. The van der Waals surface area contributed by atoms with Crippen molar-refractivity contribution in [2.75, 3.05) is 46.2 Å². The molecule has 35 atom stereocenters. The van der Waals surface area contributed by atoms with Gasteiger partial charge >= 0.3 is 0 Å². The highest BCUT2D eigenvalue weighted by Gasteiger charge is 2.59. The molecule has 0 radical (unpaired) electrons. The van der Waals surface area contributed by atoms with E-state index in [4.69, 9.17) is 61.6 Å². The fourth-order valence-corrected chi connectivity index (χ4v) is 11.5. The van der Waals surface area contributed by atoms with Crippen LogP contribution in [0.15, 0.2) is 0 Å². The Labute approximate surface area is 510 Å². The van der Waals surface area contributed by atoms with E-state index >= 15 is 0 Å². The van der Waals surface area contributed by atoms with Crippen LogP contribution < -0.4 is 21.3 Å². The average Bonchev–Trinajstić information content (AvgIpc) is 0.928. The minimum atomic E-state index is -2.29. The smallest absolute Gasteiger partial charge is 0.217 e. The van der Waals surface area contributed by atoms with Crippen LogP contribution in [0.4, 0.5) is 0 Å². The Morgan fingerprint density at radius 2 is 0.600 bits per heavy atom. The molecule has 7 heterocycles. The summed E-state index contributed by atoms with van der Waals surface area (Å²) in [5, 5.41) is 216. The molecule has 4 amide bonds. The topological polar surface area (TPSA) is 621 Å². The third-order valence-electron chi connectivity index (χ3n) is 16.1. The fourth-order valence-electron chi connectivity index (χ4n) is 11.5. The lowest BCUT2D eigenvalue weighted by molar-refractivity contribution is -0.377. The van der Waals surface area contributed by atoms with Crippen LogP contribution in [0.5, 0.6) is 0 Å². The zero-order valence-electron chi connectivity index (χ0n) is 48.6. The van der Waals surface area contributed by atoms with E-state index in [1.807, 2.05) is 0 Å². The Balaban J connectivity index is 1.09. The van der Waals surface area contributed by atoms with E-state index in [-0.39, 0.29) is 0 Å². The minimum absolute atomic E-state index is 0.756. The molecule has 0 saturated carbocycles. The third-order valence-corrected chi connectivity index (χ3v) is 16.1. The van der Waals surface area contributed by atoms with E-state index in [1.165, 1.54) is 0 Å². The molecule has 0 spiro atoms. The number of carbonyl (C=O) groups is 4. The van der Waals surface area contributed by atoms with E-state index < -0.39 is 285 Å². The van der Waals surface area contributed by atoms with Crippen molar-refractivity contribution in [3.05, 3.63) is 0 Å². The van der Waals surface area contributed by atoms with Crippen LogP contribution in [0.2, 0.25) is 0 Å². The number of aliphatic hydroxyl groups is 19. The summed E-state index contributed by atoms with van der Waals surface area (Å²) in [6, 6.07) is -6.87. The lowest BCUT2D eigenvalue weighted by atomic mass is 9.94. The average molecular weight is 1320 g/mol. The van der Waals surface area contributed by atoms with Gasteiger partial charge in [-0.2, -0.15) is 0 Å². The minimum Gasteiger partial charge on any atom is -0.394 e. The normalized spacial score (nSPS) is 47.6. The predicted molar refractivity (Wildman–Crippen MR) is 278 cm³/mol. The van der Waals surface area contributed by atoms with Gasteiger partial charge in [0.15, 0.2) is 44.0 Å². The van der Waals surface area contributed by atoms with E-state index in [1.54, 1.807) is 0 Å². The van der Waals surface area contributed by atoms with Gasteiger partial charge in [0.2, 0.25) is 23.6 Å². The highest BCUT2D eigenvalue weighted by atomic mass is 16.8. The van der Waals surface area contributed by atoms with Gasteiger partial charge in [-0.05, 0) is 0 Å². The molecule has 7 rings (SSSR count). The van der Waals surface area contributed by atoms with E-state index in [0.717, 1.165) is 27.7 Å². The van der Waals surface area contributed by atoms with Gasteiger partial charge in [0.25, 0.3) is 0 Å². The maximum atomic E-state index is 12.7. The first-order valence-corrected chi connectivity index (χ1v) is 28.6. The molecule has 7 fully saturated rings. The second-order valence-corrected chi connectivity index (χ2v) is 22.5. The highest BCUT2D eigenvalue weighted by Crippen LogP contribution is 2.37. The first-order valence-electron chi connectivity index (χ1n) is 28.6. The highest BCUT2D eigenvalue weighted by molar-refractivity contribution is 5.74. The molecule has 7 aliphatic heterocycles.